The highest BCUT2D eigenvalue weighted by Gasteiger charge is 2.25. The Bertz CT molecular complexity index is 912. The van der Waals surface area contributed by atoms with Crippen LogP contribution in [0.5, 0.6) is 11.5 Å². The van der Waals surface area contributed by atoms with Crippen molar-refractivity contribution in [2.24, 2.45) is 0 Å². The van der Waals surface area contributed by atoms with Gasteiger partial charge in [0.15, 0.2) is 17.2 Å². The highest BCUT2D eigenvalue weighted by molar-refractivity contribution is 6.08. The van der Waals surface area contributed by atoms with Crippen LogP contribution in [0.1, 0.15) is 10.5 Å². The molecule has 2 N–H and O–H groups in total. The number of benzene rings is 2. The second kappa shape index (κ2) is 4.42. The van der Waals surface area contributed by atoms with Crippen molar-refractivity contribution in [3.63, 3.8) is 0 Å². The first-order valence-electron chi connectivity index (χ1n) is 6.63. The lowest BCUT2D eigenvalue weighted by Crippen LogP contribution is -2.06. The average molecular weight is 297 g/mol. The van der Waals surface area contributed by atoms with Gasteiger partial charge >= 0.3 is 5.97 Å². The topological polar surface area (TPSA) is 80.9 Å². The van der Waals surface area contributed by atoms with Crippen LogP contribution in [0.15, 0.2) is 42.5 Å². The fourth-order valence-corrected chi connectivity index (χ4v) is 2.77. The molecule has 0 bridgehead atoms. The Balaban J connectivity index is 2.05. The van der Waals surface area contributed by atoms with E-state index >= 15 is 0 Å². The third-order valence-corrected chi connectivity index (χ3v) is 3.71. The molecule has 0 aliphatic carbocycles. The maximum Gasteiger partial charge on any atom is 0.356 e. The number of hydrogen-bond donors (Lipinski definition) is 2. The number of carbonyl (C=O) groups is 1. The Morgan fingerprint density at radius 2 is 1.86 bits per heavy atom. The average Bonchev–Trinajstić information content (AvgIpc) is 3.09. The SMILES string of the molecule is O=C(O)c1c(-c2ccc3c(c2)OCO3)c2ccccc2n1O. The van der Waals surface area contributed by atoms with Gasteiger partial charge in [-0.15, -0.1) is 0 Å². The van der Waals surface area contributed by atoms with Gasteiger partial charge in [-0.2, -0.15) is 4.73 Å². The quantitative estimate of drug-likeness (QED) is 0.711. The number of carboxylic acid groups (broad SMARTS) is 1. The van der Waals surface area contributed by atoms with Crippen LogP contribution in [-0.2, 0) is 0 Å². The van der Waals surface area contributed by atoms with E-state index in [1.807, 2.05) is 0 Å². The normalized spacial score (nSPS) is 12.7. The van der Waals surface area contributed by atoms with E-state index in [1.54, 1.807) is 42.5 Å². The molecule has 110 valence electrons. The number of nitrogens with zero attached hydrogens (tertiary/aromatic N) is 1. The van der Waals surface area contributed by atoms with Crippen molar-refractivity contribution in [2.75, 3.05) is 6.79 Å². The molecule has 6 heteroatoms. The molecule has 6 nitrogen and oxygen atoms in total. The first kappa shape index (κ1) is 12.6. The van der Waals surface area contributed by atoms with E-state index in [2.05, 4.69) is 0 Å². The van der Waals surface area contributed by atoms with Crippen LogP contribution in [0.2, 0.25) is 0 Å². The zero-order chi connectivity index (χ0) is 15.3. The monoisotopic (exact) mass is 297 g/mol. The molecule has 2 aromatic carbocycles. The number of para-hydroxylation sites is 1. The summed E-state index contributed by atoms with van der Waals surface area (Å²) in [5.74, 6) is -0.0247. The summed E-state index contributed by atoms with van der Waals surface area (Å²) < 4.78 is 11.3. The van der Waals surface area contributed by atoms with Gasteiger partial charge in [-0.05, 0) is 23.8 Å². The molecular formula is C16H11NO5. The smallest absolute Gasteiger partial charge is 0.356 e. The number of carboxylic acids is 1. The summed E-state index contributed by atoms with van der Waals surface area (Å²) >= 11 is 0. The van der Waals surface area contributed by atoms with E-state index < -0.39 is 5.97 Å². The molecule has 0 fully saturated rings. The number of ether oxygens (including phenoxy) is 2. The van der Waals surface area contributed by atoms with Crippen molar-refractivity contribution >= 4 is 16.9 Å². The third kappa shape index (κ3) is 1.64. The molecule has 1 aliphatic rings. The largest absolute Gasteiger partial charge is 0.476 e. The van der Waals surface area contributed by atoms with Gasteiger partial charge in [0.2, 0.25) is 6.79 Å². The molecule has 4 rings (SSSR count). The molecule has 1 aliphatic heterocycles. The Kier molecular flexibility index (Phi) is 2.53. The molecule has 2 heterocycles. The summed E-state index contributed by atoms with van der Waals surface area (Å²) in [5.41, 5.74) is 1.35. The summed E-state index contributed by atoms with van der Waals surface area (Å²) in [5, 5.41) is 20.3. The minimum absolute atomic E-state index is 0.145. The van der Waals surface area contributed by atoms with Crippen molar-refractivity contribution in [2.45, 2.75) is 0 Å². The Labute approximate surface area is 124 Å². The van der Waals surface area contributed by atoms with Crippen molar-refractivity contribution in [1.29, 1.82) is 0 Å². The van der Waals surface area contributed by atoms with Gasteiger partial charge in [0.25, 0.3) is 0 Å². The fraction of sp³-hybridized carbons (Fsp3) is 0.0625. The van der Waals surface area contributed by atoms with Gasteiger partial charge in [0.1, 0.15) is 0 Å². The van der Waals surface area contributed by atoms with Crippen molar-refractivity contribution in [3.8, 4) is 22.6 Å². The van der Waals surface area contributed by atoms with Crippen LogP contribution in [-0.4, -0.2) is 27.8 Å². The van der Waals surface area contributed by atoms with E-state index in [0.717, 1.165) is 0 Å². The van der Waals surface area contributed by atoms with Crippen LogP contribution >= 0.6 is 0 Å². The van der Waals surface area contributed by atoms with Crippen LogP contribution in [0.4, 0.5) is 0 Å². The Hall–Kier alpha value is -3.15. The van der Waals surface area contributed by atoms with Crippen LogP contribution in [0.25, 0.3) is 22.0 Å². The molecule has 0 atom stereocenters. The zero-order valence-corrected chi connectivity index (χ0v) is 11.3. The molecule has 0 saturated carbocycles. The van der Waals surface area contributed by atoms with Crippen molar-refractivity contribution in [3.05, 3.63) is 48.2 Å². The predicted octanol–water partition coefficient (Wildman–Crippen LogP) is 2.97. The number of hydrogen-bond acceptors (Lipinski definition) is 4. The van der Waals surface area contributed by atoms with E-state index in [1.165, 1.54) is 0 Å². The number of aromatic nitrogens is 1. The van der Waals surface area contributed by atoms with Gasteiger partial charge in [-0.25, -0.2) is 4.79 Å². The van der Waals surface area contributed by atoms with E-state index in [0.29, 0.717) is 38.3 Å². The maximum absolute atomic E-state index is 11.6. The number of rotatable bonds is 2. The molecule has 1 aromatic heterocycles. The standard InChI is InChI=1S/C16H11NO5/c18-16(19)15-14(10-3-1-2-4-11(10)17(15)20)9-5-6-12-13(7-9)22-8-21-12/h1-7,20H,8H2,(H,18,19). The second-order valence-electron chi connectivity index (χ2n) is 4.93. The second-order valence-corrected chi connectivity index (χ2v) is 4.93. The molecule has 0 spiro atoms. The van der Waals surface area contributed by atoms with E-state index in [-0.39, 0.29) is 12.5 Å². The van der Waals surface area contributed by atoms with E-state index in [4.69, 9.17) is 9.47 Å². The van der Waals surface area contributed by atoms with Gasteiger partial charge in [-0.1, -0.05) is 24.3 Å². The van der Waals surface area contributed by atoms with Crippen LogP contribution in [0.3, 0.4) is 0 Å². The summed E-state index contributed by atoms with van der Waals surface area (Å²) in [7, 11) is 0. The van der Waals surface area contributed by atoms with Crippen LogP contribution in [0, 0.1) is 0 Å². The summed E-state index contributed by atoms with van der Waals surface area (Å²) in [4.78, 5) is 11.6. The highest BCUT2D eigenvalue weighted by Crippen LogP contribution is 2.40. The minimum Gasteiger partial charge on any atom is -0.476 e. The first-order valence-corrected chi connectivity index (χ1v) is 6.63. The minimum atomic E-state index is -1.20. The van der Waals surface area contributed by atoms with Crippen LogP contribution < -0.4 is 9.47 Å². The molecule has 3 aromatic rings. The number of aromatic carboxylic acids is 1. The summed E-state index contributed by atoms with van der Waals surface area (Å²) in [6.45, 7) is 0.145. The van der Waals surface area contributed by atoms with Gasteiger partial charge in [0, 0.05) is 10.9 Å². The molecular weight excluding hydrogens is 286 g/mol. The number of fused-ring (bicyclic) bond motifs is 2. The Morgan fingerprint density at radius 1 is 1.09 bits per heavy atom. The molecule has 0 unspecified atom stereocenters. The maximum atomic E-state index is 11.6. The van der Waals surface area contributed by atoms with Crippen molar-refractivity contribution < 1.29 is 24.6 Å². The summed E-state index contributed by atoms with van der Waals surface area (Å²) in [6.07, 6.45) is 0. The van der Waals surface area contributed by atoms with Gasteiger partial charge < -0.3 is 19.8 Å². The Morgan fingerprint density at radius 3 is 2.68 bits per heavy atom. The molecule has 0 amide bonds. The lowest BCUT2D eigenvalue weighted by atomic mass is 10.0. The predicted molar refractivity (Wildman–Crippen MR) is 77.6 cm³/mol. The first-order chi connectivity index (χ1) is 10.7. The fourth-order valence-electron chi connectivity index (χ4n) is 2.77. The summed E-state index contributed by atoms with van der Waals surface area (Å²) in [6, 6.07) is 12.2. The molecule has 22 heavy (non-hydrogen) atoms. The zero-order valence-electron chi connectivity index (χ0n) is 11.3. The van der Waals surface area contributed by atoms with E-state index in [9.17, 15) is 15.1 Å². The molecule has 0 saturated heterocycles. The lowest BCUT2D eigenvalue weighted by Gasteiger charge is -2.04. The van der Waals surface area contributed by atoms with Gasteiger partial charge in [-0.3, -0.25) is 0 Å². The lowest BCUT2D eigenvalue weighted by molar-refractivity contribution is 0.0651. The van der Waals surface area contributed by atoms with Crippen molar-refractivity contribution in [1.82, 2.24) is 4.73 Å². The van der Waals surface area contributed by atoms with Gasteiger partial charge in [0.05, 0.1) is 5.52 Å². The third-order valence-electron chi connectivity index (χ3n) is 3.71. The highest BCUT2D eigenvalue weighted by atomic mass is 16.7. The molecule has 0 radical (unpaired) electrons.